The maximum Gasteiger partial charge on any atom is 0.256 e. The summed E-state index contributed by atoms with van der Waals surface area (Å²) < 4.78 is 12.6. The van der Waals surface area contributed by atoms with Gasteiger partial charge in [0.2, 0.25) is 0 Å². The molecule has 11 heteroatoms. The summed E-state index contributed by atoms with van der Waals surface area (Å²) in [7, 11) is 0. The van der Waals surface area contributed by atoms with E-state index in [9.17, 15) is 14.9 Å². The second-order valence-corrected chi connectivity index (χ2v) is 11.0. The van der Waals surface area contributed by atoms with E-state index >= 15 is 0 Å². The number of hydrogen-bond donors (Lipinski definition) is 2. The summed E-state index contributed by atoms with van der Waals surface area (Å²) in [6.07, 6.45) is 0. The van der Waals surface area contributed by atoms with Gasteiger partial charge in [0, 0.05) is 22.2 Å². The smallest absolute Gasteiger partial charge is 0.256 e. The van der Waals surface area contributed by atoms with Crippen LogP contribution in [-0.4, -0.2) is 29.5 Å². The maximum atomic E-state index is 13.3. The van der Waals surface area contributed by atoms with Crippen molar-refractivity contribution in [3.05, 3.63) is 95.9 Å². The Morgan fingerprint density at radius 3 is 2.58 bits per heavy atom. The first kappa shape index (κ1) is 26.7. The molecule has 198 valence electrons. The van der Waals surface area contributed by atoms with E-state index in [1.807, 2.05) is 19.9 Å². The number of nitrogens with one attached hydrogen (secondary N) is 2. The van der Waals surface area contributed by atoms with Crippen LogP contribution in [0.2, 0.25) is 10.0 Å². The highest BCUT2D eigenvalue weighted by Crippen LogP contribution is 2.51. The van der Waals surface area contributed by atoms with E-state index in [4.69, 9.17) is 32.7 Å². The fraction of sp³-hybridized carbons (Fsp3) is 0.296. The molecular weight excluding hydrogens is 597 g/mol. The number of ether oxygens (including phenoxy) is 2. The van der Waals surface area contributed by atoms with Crippen LogP contribution in [0.3, 0.4) is 0 Å². The molecule has 1 spiro atoms. The zero-order valence-corrected chi connectivity index (χ0v) is 23.6. The third kappa shape index (κ3) is 4.41. The van der Waals surface area contributed by atoms with Crippen molar-refractivity contribution in [2.24, 2.45) is 0 Å². The lowest BCUT2D eigenvalue weighted by Gasteiger charge is -2.26. The van der Waals surface area contributed by atoms with Gasteiger partial charge in [-0.15, -0.1) is 0 Å². The van der Waals surface area contributed by atoms with E-state index in [0.717, 1.165) is 5.56 Å². The number of anilines is 1. The number of carbonyl (C=O) groups excluding carboxylic acids is 1. The molecule has 1 fully saturated rings. The number of para-hydroxylation sites is 1. The lowest BCUT2D eigenvalue weighted by molar-refractivity contribution is -0.532. The van der Waals surface area contributed by atoms with Gasteiger partial charge in [0.15, 0.2) is 17.0 Å². The number of nitrogens with zero attached hydrogens (tertiary/aromatic N) is 1. The monoisotopic (exact) mass is 619 g/mol. The summed E-state index contributed by atoms with van der Waals surface area (Å²) in [4.78, 5) is 25.6. The van der Waals surface area contributed by atoms with Crippen molar-refractivity contribution in [1.82, 2.24) is 5.32 Å². The van der Waals surface area contributed by atoms with Crippen molar-refractivity contribution < 1.29 is 19.2 Å². The van der Waals surface area contributed by atoms with E-state index in [1.165, 1.54) is 0 Å². The van der Waals surface area contributed by atoms with Gasteiger partial charge in [-0.1, -0.05) is 47.5 Å². The molecule has 0 radical (unpaired) electrons. The number of nitro groups is 1. The number of amides is 1. The lowest BCUT2D eigenvalue weighted by Crippen LogP contribution is -2.54. The molecule has 0 unspecified atom stereocenters. The van der Waals surface area contributed by atoms with Crippen molar-refractivity contribution in [1.29, 1.82) is 0 Å². The molecular formula is C27H24BrCl2N3O5. The SMILES string of the molecule is CCOc1cc([C@@H]2[C@H](C)N[C@@]3(C(=O)Nc4ccccc43)[C@@H]2[N+](=O)[O-])cc(Br)c1OCc1ccc(Cl)c(Cl)c1. The van der Waals surface area contributed by atoms with E-state index in [2.05, 4.69) is 26.6 Å². The Kier molecular flexibility index (Phi) is 7.30. The molecule has 1 amide bonds. The highest BCUT2D eigenvalue weighted by atomic mass is 79.9. The van der Waals surface area contributed by atoms with Gasteiger partial charge in [-0.2, -0.15) is 0 Å². The highest BCUT2D eigenvalue weighted by molar-refractivity contribution is 9.10. The normalized spacial score (nSPS) is 23.8. The van der Waals surface area contributed by atoms with Crippen LogP contribution in [0.15, 0.2) is 59.1 Å². The van der Waals surface area contributed by atoms with Crippen LogP contribution < -0.4 is 20.1 Å². The van der Waals surface area contributed by atoms with E-state index in [-0.39, 0.29) is 11.5 Å². The second-order valence-electron chi connectivity index (χ2n) is 9.30. The van der Waals surface area contributed by atoms with Gasteiger partial charge in [-0.3, -0.25) is 20.2 Å². The summed E-state index contributed by atoms with van der Waals surface area (Å²) >= 11 is 15.7. The molecule has 5 rings (SSSR count). The fourth-order valence-corrected chi connectivity index (χ4v) is 6.42. The van der Waals surface area contributed by atoms with Crippen molar-refractivity contribution in [2.45, 2.75) is 44.0 Å². The molecule has 2 N–H and O–H groups in total. The molecule has 4 atom stereocenters. The molecule has 2 heterocycles. The average Bonchev–Trinajstić information content (AvgIpc) is 3.34. The van der Waals surface area contributed by atoms with Crippen LogP contribution in [0.4, 0.5) is 5.69 Å². The largest absolute Gasteiger partial charge is 0.490 e. The number of hydrogen-bond acceptors (Lipinski definition) is 6. The molecule has 3 aromatic rings. The van der Waals surface area contributed by atoms with Crippen molar-refractivity contribution >= 4 is 50.7 Å². The van der Waals surface area contributed by atoms with Gasteiger partial charge in [0.05, 0.1) is 27.0 Å². The Hall–Kier alpha value is -2.85. The minimum Gasteiger partial charge on any atom is -0.490 e. The van der Waals surface area contributed by atoms with Crippen molar-refractivity contribution in [3.8, 4) is 11.5 Å². The van der Waals surface area contributed by atoms with Gasteiger partial charge in [-0.25, -0.2) is 0 Å². The van der Waals surface area contributed by atoms with Crippen LogP contribution in [0, 0.1) is 10.1 Å². The quantitative estimate of drug-likeness (QED) is 0.237. The first-order valence-corrected chi connectivity index (χ1v) is 13.6. The number of fused-ring (bicyclic) bond motifs is 2. The molecule has 2 aliphatic heterocycles. The summed E-state index contributed by atoms with van der Waals surface area (Å²) in [5.41, 5.74) is 1.12. The van der Waals surface area contributed by atoms with Crippen molar-refractivity contribution in [3.63, 3.8) is 0 Å². The minimum atomic E-state index is -1.49. The van der Waals surface area contributed by atoms with Crippen LogP contribution >= 0.6 is 39.1 Å². The number of halogens is 3. The Balaban J connectivity index is 1.53. The van der Waals surface area contributed by atoms with Crippen molar-refractivity contribution in [2.75, 3.05) is 11.9 Å². The zero-order chi connectivity index (χ0) is 27.2. The molecule has 8 nitrogen and oxygen atoms in total. The molecule has 0 aromatic heterocycles. The maximum absolute atomic E-state index is 13.3. The molecule has 2 aliphatic rings. The second kappa shape index (κ2) is 10.4. The number of rotatable bonds is 7. The van der Waals surface area contributed by atoms with Crippen LogP contribution in [-0.2, 0) is 16.9 Å². The highest BCUT2D eigenvalue weighted by Gasteiger charge is 2.67. The minimum absolute atomic E-state index is 0.202. The summed E-state index contributed by atoms with van der Waals surface area (Å²) in [5.74, 6) is -0.179. The Morgan fingerprint density at radius 1 is 1.11 bits per heavy atom. The average molecular weight is 621 g/mol. The first-order chi connectivity index (χ1) is 18.2. The molecule has 38 heavy (non-hydrogen) atoms. The Labute approximate surface area is 237 Å². The number of benzene rings is 3. The first-order valence-electron chi connectivity index (χ1n) is 12.0. The molecule has 0 bridgehead atoms. The molecule has 1 saturated heterocycles. The Bertz CT molecular complexity index is 1440. The van der Waals surface area contributed by atoms with Crippen LogP contribution in [0.5, 0.6) is 11.5 Å². The van der Waals surface area contributed by atoms with Gasteiger partial charge in [0.1, 0.15) is 6.61 Å². The Morgan fingerprint density at radius 2 is 1.87 bits per heavy atom. The van der Waals surface area contributed by atoms with Crippen LogP contribution in [0.1, 0.15) is 36.5 Å². The number of carbonyl (C=O) groups is 1. The third-order valence-electron chi connectivity index (χ3n) is 7.05. The summed E-state index contributed by atoms with van der Waals surface area (Å²) in [6.45, 7) is 4.26. The summed E-state index contributed by atoms with van der Waals surface area (Å²) in [6, 6.07) is 14.2. The zero-order valence-electron chi connectivity index (χ0n) is 20.5. The standard InChI is InChI=1S/C27H24BrCl2N3O5/c1-3-37-22-12-16(11-18(28)24(22)38-13-15-8-9-19(29)20(30)10-15)23-14(2)32-27(25(23)33(35)36)17-6-4-5-7-21(17)31-26(27)34/h4-12,14,23,25,32H,3,13H2,1-2H3,(H,31,34)/t14-,23-,25+,27+/m0/s1. The van der Waals surface area contributed by atoms with Gasteiger partial charge in [0.25, 0.3) is 11.9 Å². The summed E-state index contributed by atoms with van der Waals surface area (Å²) in [5, 5.41) is 19.6. The van der Waals surface area contributed by atoms with E-state index < -0.39 is 29.4 Å². The molecule has 0 aliphatic carbocycles. The van der Waals surface area contributed by atoms with E-state index in [0.29, 0.717) is 49.4 Å². The third-order valence-corrected chi connectivity index (χ3v) is 8.38. The molecule has 3 aromatic carbocycles. The predicted molar refractivity (Wildman–Crippen MR) is 149 cm³/mol. The van der Waals surface area contributed by atoms with Crippen LogP contribution in [0.25, 0.3) is 0 Å². The topological polar surface area (TPSA) is 103 Å². The van der Waals surface area contributed by atoms with E-state index in [1.54, 1.807) is 48.5 Å². The molecule has 0 saturated carbocycles. The fourth-order valence-electron chi connectivity index (χ4n) is 5.52. The van der Waals surface area contributed by atoms with Gasteiger partial charge >= 0.3 is 0 Å². The van der Waals surface area contributed by atoms with Gasteiger partial charge < -0.3 is 14.8 Å². The lowest BCUT2D eigenvalue weighted by atomic mass is 9.78. The van der Waals surface area contributed by atoms with Gasteiger partial charge in [-0.05, 0) is 71.2 Å². The predicted octanol–water partition coefficient (Wildman–Crippen LogP) is 6.30.